The average molecular weight is 320 g/mol. The lowest BCUT2D eigenvalue weighted by Crippen LogP contribution is -2.50. The predicted octanol–water partition coefficient (Wildman–Crippen LogP) is 2.50. The molecule has 1 aromatic rings. The molecule has 6 heteroatoms. The van der Waals surface area contributed by atoms with E-state index in [1.54, 1.807) is 19.9 Å². The lowest BCUT2D eigenvalue weighted by atomic mass is 10.1. The molecule has 0 aliphatic heterocycles. The summed E-state index contributed by atoms with van der Waals surface area (Å²) in [6, 6.07) is 1.78. The van der Waals surface area contributed by atoms with Gasteiger partial charge in [-0.15, -0.1) is 11.3 Å². The van der Waals surface area contributed by atoms with Crippen molar-refractivity contribution in [1.82, 2.24) is 5.32 Å². The molecule has 0 atom stereocenters. The fourth-order valence-corrected chi connectivity index (χ4v) is 2.65. The highest BCUT2D eigenvalue weighted by Crippen LogP contribution is 2.27. The molecule has 0 saturated carbocycles. The van der Waals surface area contributed by atoms with Gasteiger partial charge in [-0.3, -0.25) is 4.79 Å². The van der Waals surface area contributed by atoms with E-state index in [0.717, 1.165) is 9.35 Å². The number of amides is 1. The highest BCUT2D eigenvalue weighted by Gasteiger charge is 2.31. The first-order valence-corrected chi connectivity index (χ1v) is 6.55. The third kappa shape index (κ3) is 3.29. The smallest absolute Gasteiger partial charge is 0.330 e. The van der Waals surface area contributed by atoms with E-state index in [0.29, 0.717) is 4.88 Å². The number of halogens is 1. The summed E-state index contributed by atoms with van der Waals surface area (Å²) in [5.74, 6) is -0.752. The van der Waals surface area contributed by atoms with Crippen LogP contribution in [0.5, 0.6) is 0 Å². The molecular formula is C11H14BrNO3S. The summed E-state index contributed by atoms with van der Waals surface area (Å²) in [5, 5.41) is 2.64. The minimum atomic E-state index is -1.03. The zero-order chi connectivity index (χ0) is 13.2. The first-order chi connectivity index (χ1) is 7.77. The van der Waals surface area contributed by atoms with Gasteiger partial charge in [-0.2, -0.15) is 0 Å². The summed E-state index contributed by atoms with van der Waals surface area (Å²) in [6.07, 6.45) is 0. The van der Waals surface area contributed by atoms with Crippen molar-refractivity contribution in [3.8, 4) is 0 Å². The number of hydrogen-bond donors (Lipinski definition) is 1. The van der Waals surface area contributed by atoms with Crippen molar-refractivity contribution >= 4 is 39.1 Å². The number of rotatable bonds is 3. The van der Waals surface area contributed by atoms with Crippen LogP contribution < -0.4 is 5.32 Å². The molecule has 0 aliphatic rings. The molecule has 0 aliphatic carbocycles. The van der Waals surface area contributed by atoms with Crippen molar-refractivity contribution in [2.75, 3.05) is 7.11 Å². The number of carbonyl (C=O) groups excluding carboxylic acids is 2. The molecular weight excluding hydrogens is 306 g/mol. The summed E-state index contributed by atoms with van der Waals surface area (Å²) < 4.78 is 5.54. The van der Waals surface area contributed by atoms with Gasteiger partial charge in [0.15, 0.2) is 0 Å². The van der Waals surface area contributed by atoms with Gasteiger partial charge in [0.25, 0.3) is 5.91 Å². The molecule has 1 N–H and O–H groups in total. The van der Waals surface area contributed by atoms with Crippen LogP contribution in [0.25, 0.3) is 0 Å². The summed E-state index contributed by atoms with van der Waals surface area (Å²) in [7, 11) is 1.29. The zero-order valence-corrected chi connectivity index (χ0v) is 12.5. The van der Waals surface area contributed by atoms with Crippen LogP contribution in [0.15, 0.2) is 9.85 Å². The van der Waals surface area contributed by atoms with Crippen molar-refractivity contribution in [2.45, 2.75) is 26.3 Å². The molecule has 1 aromatic heterocycles. The molecule has 0 unspecified atom stereocenters. The second-order valence-electron chi connectivity index (χ2n) is 4.14. The van der Waals surface area contributed by atoms with E-state index in [2.05, 4.69) is 26.0 Å². The normalized spacial score (nSPS) is 11.1. The van der Waals surface area contributed by atoms with Gasteiger partial charge >= 0.3 is 5.97 Å². The predicted molar refractivity (Wildman–Crippen MR) is 70.3 cm³/mol. The van der Waals surface area contributed by atoms with Gasteiger partial charge in [-0.25, -0.2) is 4.79 Å². The van der Waals surface area contributed by atoms with Crippen molar-refractivity contribution in [2.24, 2.45) is 0 Å². The van der Waals surface area contributed by atoms with Crippen LogP contribution in [0.2, 0.25) is 0 Å². The van der Waals surface area contributed by atoms with E-state index in [1.807, 2.05) is 6.92 Å². The number of carbonyl (C=O) groups is 2. The van der Waals surface area contributed by atoms with Crippen LogP contribution in [0, 0.1) is 6.92 Å². The molecule has 1 amide bonds. The molecule has 94 valence electrons. The second kappa shape index (κ2) is 5.18. The van der Waals surface area contributed by atoms with Crippen LogP contribution in [0.1, 0.15) is 29.1 Å². The van der Waals surface area contributed by atoms with Crippen molar-refractivity contribution in [1.29, 1.82) is 0 Å². The molecule has 0 aromatic carbocycles. The van der Waals surface area contributed by atoms with Crippen molar-refractivity contribution < 1.29 is 14.3 Å². The largest absolute Gasteiger partial charge is 0.467 e. The summed E-state index contributed by atoms with van der Waals surface area (Å²) >= 11 is 4.69. The first-order valence-electron chi connectivity index (χ1n) is 4.95. The lowest BCUT2D eigenvalue weighted by molar-refractivity contribution is -0.146. The Balaban J connectivity index is 2.82. The minimum Gasteiger partial charge on any atom is -0.467 e. The molecule has 0 radical (unpaired) electrons. The standard InChI is InChI=1S/C11H14BrNO3S/c1-6-5-7(17-8(6)12)9(14)13-11(2,3)10(15)16-4/h5H,1-4H3,(H,13,14). The molecule has 4 nitrogen and oxygen atoms in total. The van der Waals surface area contributed by atoms with Gasteiger partial charge in [-0.1, -0.05) is 0 Å². The fourth-order valence-electron chi connectivity index (χ4n) is 1.22. The fraction of sp³-hybridized carbons (Fsp3) is 0.455. The molecule has 0 saturated heterocycles. The van der Waals surface area contributed by atoms with Crippen LogP contribution >= 0.6 is 27.3 Å². The van der Waals surface area contributed by atoms with Gasteiger partial charge < -0.3 is 10.1 Å². The first kappa shape index (κ1) is 14.2. The number of nitrogens with one attached hydrogen (secondary N) is 1. The maximum Gasteiger partial charge on any atom is 0.330 e. The highest BCUT2D eigenvalue weighted by molar-refractivity contribution is 9.11. The number of ether oxygens (including phenoxy) is 1. The zero-order valence-electron chi connectivity index (χ0n) is 10.1. The van der Waals surface area contributed by atoms with Crippen LogP contribution in [-0.2, 0) is 9.53 Å². The molecule has 0 fully saturated rings. The number of aryl methyl sites for hydroxylation is 1. The van der Waals surface area contributed by atoms with E-state index in [9.17, 15) is 9.59 Å². The molecule has 0 spiro atoms. The topological polar surface area (TPSA) is 55.4 Å². The summed E-state index contributed by atoms with van der Waals surface area (Å²) in [6.45, 7) is 5.11. The van der Waals surface area contributed by atoms with Crippen LogP contribution in [0.3, 0.4) is 0 Å². The number of thiophene rings is 1. The SMILES string of the molecule is COC(=O)C(C)(C)NC(=O)c1cc(C)c(Br)s1. The summed E-state index contributed by atoms with van der Waals surface area (Å²) in [5.41, 5.74) is -0.0352. The maximum absolute atomic E-state index is 11.9. The van der Waals surface area contributed by atoms with Crippen molar-refractivity contribution in [3.63, 3.8) is 0 Å². The van der Waals surface area contributed by atoms with Crippen molar-refractivity contribution in [3.05, 3.63) is 20.3 Å². The Bertz CT molecular complexity index is 434. The molecule has 1 heterocycles. The quantitative estimate of drug-likeness (QED) is 0.871. The highest BCUT2D eigenvalue weighted by atomic mass is 79.9. The Morgan fingerprint density at radius 1 is 1.47 bits per heavy atom. The van der Waals surface area contributed by atoms with E-state index >= 15 is 0 Å². The Kier molecular flexibility index (Phi) is 4.32. The number of hydrogen-bond acceptors (Lipinski definition) is 4. The Morgan fingerprint density at radius 3 is 2.47 bits per heavy atom. The third-order valence-corrected chi connectivity index (χ3v) is 4.34. The van der Waals surface area contributed by atoms with Gasteiger partial charge in [0, 0.05) is 0 Å². The Hall–Kier alpha value is -0.880. The maximum atomic E-state index is 11.9. The number of methoxy groups -OCH3 is 1. The van der Waals surface area contributed by atoms with Gasteiger partial charge in [-0.05, 0) is 48.3 Å². The summed E-state index contributed by atoms with van der Waals surface area (Å²) in [4.78, 5) is 23.9. The molecule has 0 bridgehead atoms. The Morgan fingerprint density at radius 2 is 2.06 bits per heavy atom. The minimum absolute atomic E-state index is 0.279. The lowest BCUT2D eigenvalue weighted by Gasteiger charge is -2.22. The van der Waals surface area contributed by atoms with E-state index in [4.69, 9.17) is 0 Å². The van der Waals surface area contributed by atoms with Gasteiger partial charge in [0.2, 0.25) is 0 Å². The average Bonchev–Trinajstić information content (AvgIpc) is 2.57. The van der Waals surface area contributed by atoms with Gasteiger partial charge in [0.05, 0.1) is 15.8 Å². The molecule has 17 heavy (non-hydrogen) atoms. The molecule has 1 rings (SSSR count). The van der Waals surface area contributed by atoms with Crippen LogP contribution in [0.4, 0.5) is 0 Å². The monoisotopic (exact) mass is 319 g/mol. The van der Waals surface area contributed by atoms with Crippen LogP contribution in [-0.4, -0.2) is 24.5 Å². The van der Waals surface area contributed by atoms with E-state index in [-0.39, 0.29) is 5.91 Å². The number of esters is 1. The third-order valence-electron chi connectivity index (χ3n) is 2.20. The van der Waals surface area contributed by atoms with E-state index < -0.39 is 11.5 Å². The van der Waals surface area contributed by atoms with E-state index in [1.165, 1.54) is 18.4 Å². The second-order valence-corrected chi connectivity index (χ2v) is 6.51. The Labute approximate surface area is 112 Å². The van der Waals surface area contributed by atoms with Gasteiger partial charge in [0.1, 0.15) is 5.54 Å².